The van der Waals surface area contributed by atoms with Crippen LogP contribution in [0.1, 0.15) is 46.5 Å². The minimum atomic E-state index is 0.638. The first-order valence-electron chi connectivity index (χ1n) is 7.68. The number of anilines is 1. The van der Waals surface area contributed by atoms with Gasteiger partial charge in [0.15, 0.2) is 0 Å². The van der Waals surface area contributed by atoms with Gasteiger partial charge in [0.05, 0.1) is 6.61 Å². The fourth-order valence-electron chi connectivity index (χ4n) is 3.01. The SMILES string of the molecule is CCOc1ccc(NC2CCCC(C(C)C)C2)cc1. The third-order valence-corrected chi connectivity index (χ3v) is 4.19. The average molecular weight is 261 g/mol. The second-order valence-electron chi connectivity index (χ2n) is 5.97. The Kier molecular flexibility index (Phi) is 5.12. The summed E-state index contributed by atoms with van der Waals surface area (Å²) in [6.07, 6.45) is 5.37. The normalized spacial score (nSPS) is 23.4. The Bertz CT molecular complexity index is 371. The maximum atomic E-state index is 5.47. The molecule has 0 aliphatic heterocycles. The summed E-state index contributed by atoms with van der Waals surface area (Å²) in [6.45, 7) is 7.44. The van der Waals surface area contributed by atoms with Crippen molar-refractivity contribution < 1.29 is 4.74 Å². The van der Waals surface area contributed by atoms with E-state index in [9.17, 15) is 0 Å². The number of hydrogen-bond donors (Lipinski definition) is 1. The van der Waals surface area contributed by atoms with Crippen LogP contribution in [0.2, 0.25) is 0 Å². The molecule has 0 spiro atoms. The number of hydrogen-bond acceptors (Lipinski definition) is 2. The van der Waals surface area contributed by atoms with E-state index in [0.717, 1.165) is 24.2 Å². The quantitative estimate of drug-likeness (QED) is 0.828. The molecule has 2 atom stereocenters. The van der Waals surface area contributed by atoms with Crippen molar-refractivity contribution in [3.05, 3.63) is 24.3 Å². The highest BCUT2D eigenvalue weighted by Gasteiger charge is 2.23. The van der Waals surface area contributed by atoms with Crippen LogP contribution in [0.25, 0.3) is 0 Å². The molecule has 0 radical (unpaired) electrons. The van der Waals surface area contributed by atoms with Crippen molar-refractivity contribution in [2.24, 2.45) is 11.8 Å². The Morgan fingerprint density at radius 2 is 1.95 bits per heavy atom. The van der Waals surface area contributed by atoms with Gasteiger partial charge in [-0.05, 0) is 55.9 Å². The molecule has 0 saturated heterocycles. The van der Waals surface area contributed by atoms with Gasteiger partial charge in [-0.25, -0.2) is 0 Å². The third-order valence-electron chi connectivity index (χ3n) is 4.19. The smallest absolute Gasteiger partial charge is 0.119 e. The zero-order valence-electron chi connectivity index (χ0n) is 12.5. The Hall–Kier alpha value is -1.18. The lowest BCUT2D eigenvalue weighted by atomic mass is 9.79. The minimum Gasteiger partial charge on any atom is -0.494 e. The van der Waals surface area contributed by atoms with Crippen molar-refractivity contribution in [2.45, 2.75) is 52.5 Å². The highest BCUT2D eigenvalue weighted by atomic mass is 16.5. The van der Waals surface area contributed by atoms with Crippen molar-refractivity contribution in [2.75, 3.05) is 11.9 Å². The number of ether oxygens (including phenoxy) is 1. The minimum absolute atomic E-state index is 0.638. The molecule has 1 N–H and O–H groups in total. The molecule has 1 fully saturated rings. The summed E-state index contributed by atoms with van der Waals surface area (Å²) >= 11 is 0. The number of nitrogens with one attached hydrogen (secondary N) is 1. The summed E-state index contributed by atoms with van der Waals surface area (Å²) in [4.78, 5) is 0. The monoisotopic (exact) mass is 261 g/mol. The lowest BCUT2D eigenvalue weighted by molar-refractivity contribution is 0.264. The van der Waals surface area contributed by atoms with Crippen molar-refractivity contribution in [3.63, 3.8) is 0 Å². The molecule has 0 aromatic heterocycles. The second kappa shape index (κ2) is 6.83. The number of rotatable bonds is 5. The molecule has 19 heavy (non-hydrogen) atoms. The lowest BCUT2D eigenvalue weighted by Crippen LogP contribution is -2.29. The second-order valence-corrected chi connectivity index (χ2v) is 5.97. The Morgan fingerprint density at radius 1 is 1.21 bits per heavy atom. The molecule has 2 heteroatoms. The van der Waals surface area contributed by atoms with E-state index in [1.807, 2.05) is 6.92 Å². The maximum Gasteiger partial charge on any atom is 0.119 e. The van der Waals surface area contributed by atoms with Crippen molar-refractivity contribution in [1.82, 2.24) is 0 Å². The summed E-state index contributed by atoms with van der Waals surface area (Å²) in [5.41, 5.74) is 1.22. The van der Waals surface area contributed by atoms with Gasteiger partial charge in [0.25, 0.3) is 0 Å². The maximum absolute atomic E-state index is 5.47. The van der Waals surface area contributed by atoms with E-state index in [0.29, 0.717) is 6.04 Å². The standard InChI is InChI=1S/C17H27NO/c1-4-19-17-10-8-15(9-11-17)18-16-7-5-6-14(12-16)13(2)3/h8-11,13-14,16,18H,4-7,12H2,1-3H3. The zero-order chi connectivity index (χ0) is 13.7. The predicted molar refractivity (Wildman–Crippen MR) is 81.8 cm³/mol. The van der Waals surface area contributed by atoms with Gasteiger partial charge in [-0.3, -0.25) is 0 Å². The Labute approximate surface area is 117 Å². The van der Waals surface area contributed by atoms with E-state index in [1.54, 1.807) is 0 Å². The van der Waals surface area contributed by atoms with Crippen LogP contribution in [0.5, 0.6) is 5.75 Å². The van der Waals surface area contributed by atoms with Gasteiger partial charge in [0.1, 0.15) is 5.75 Å². The van der Waals surface area contributed by atoms with Crippen LogP contribution >= 0.6 is 0 Å². The molecule has 2 unspecified atom stereocenters. The molecule has 0 bridgehead atoms. The fraction of sp³-hybridized carbons (Fsp3) is 0.647. The highest BCUT2D eigenvalue weighted by Crippen LogP contribution is 2.31. The van der Waals surface area contributed by atoms with E-state index in [-0.39, 0.29) is 0 Å². The van der Waals surface area contributed by atoms with E-state index in [2.05, 4.69) is 43.4 Å². The topological polar surface area (TPSA) is 21.3 Å². The van der Waals surface area contributed by atoms with Crippen LogP contribution in [0.4, 0.5) is 5.69 Å². The molecule has 1 aromatic carbocycles. The molecule has 1 aliphatic carbocycles. The summed E-state index contributed by atoms with van der Waals surface area (Å²) in [5, 5.41) is 3.68. The molecule has 106 valence electrons. The molecule has 1 aliphatic rings. The number of benzene rings is 1. The molecule has 2 rings (SSSR count). The summed E-state index contributed by atoms with van der Waals surface area (Å²) in [5.74, 6) is 2.65. The van der Waals surface area contributed by atoms with Gasteiger partial charge >= 0.3 is 0 Å². The first kappa shape index (κ1) is 14.2. The summed E-state index contributed by atoms with van der Waals surface area (Å²) < 4.78 is 5.47. The van der Waals surface area contributed by atoms with Crippen LogP contribution in [0.3, 0.4) is 0 Å². The largest absolute Gasteiger partial charge is 0.494 e. The lowest BCUT2D eigenvalue weighted by Gasteiger charge is -2.32. The molecule has 2 nitrogen and oxygen atoms in total. The van der Waals surface area contributed by atoms with Gasteiger partial charge in [-0.15, -0.1) is 0 Å². The van der Waals surface area contributed by atoms with Crippen LogP contribution in [-0.4, -0.2) is 12.6 Å². The first-order valence-corrected chi connectivity index (χ1v) is 7.68. The predicted octanol–water partition coefficient (Wildman–Crippen LogP) is 4.71. The fourth-order valence-corrected chi connectivity index (χ4v) is 3.01. The highest BCUT2D eigenvalue weighted by molar-refractivity contribution is 5.47. The zero-order valence-corrected chi connectivity index (χ0v) is 12.5. The third kappa shape index (κ3) is 4.15. The van der Waals surface area contributed by atoms with E-state index < -0.39 is 0 Å². The molecule has 0 heterocycles. The van der Waals surface area contributed by atoms with Gasteiger partial charge in [-0.1, -0.05) is 26.7 Å². The first-order chi connectivity index (χ1) is 9.19. The van der Waals surface area contributed by atoms with E-state index in [4.69, 9.17) is 4.74 Å². The van der Waals surface area contributed by atoms with Crippen LogP contribution in [-0.2, 0) is 0 Å². The molecule has 1 aromatic rings. The molecule has 1 saturated carbocycles. The van der Waals surface area contributed by atoms with Gasteiger partial charge in [-0.2, -0.15) is 0 Å². The molecule has 0 amide bonds. The van der Waals surface area contributed by atoms with E-state index in [1.165, 1.54) is 31.4 Å². The molecular weight excluding hydrogens is 234 g/mol. The van der Waals surface area contributed by atoms with Crippen LogP contribution < -0.4 is 10.1 Å². The van der Waals surface area contributed by atoms with Crippen molar-refractivity contribution in [3.8, 4) is 5.75 Å². The van der Waals surface area contributed by atoms with Crippen molar-refractivity contribution >= 4 is 5.69 Å². The summed E-state index contributed by atoms with van der Waals surface area (Å²) in [6, 6.07) is 9.00. The van der Waals surface area contributed by atoms with Crippen LogP contribution in [0.15, 0.2) is 24.3 Å². The molecular formula is C17H27NO. The van der Waals surface area contributed by atoms with Gasteiger partial charge < -0.3 is 10.1 Å². The van der Waals surface area contributed by atoms with E-state index >= 15 is 0 Å². The van der Waals surface area contributed by atoms with Crippen LogP contribution in [0, 0.1) is 11.8 Å². The van der Waals surface area contributed by atoms with Gasteiger partial charge in [0, 0.05) is 11.7 Å². The Balaban J connectivity index is 1.89. The Morgan fingerprint density at radius 3 is 2.58 bits per heavy atom. The average Bonchev–Trinajstić information content (AvgIpc) is 2.42. The van der Waals surface area contributed by atoms with Gasteiger partial charge in [0.2, 0.25) is 0 Å². The van der Waals surface area contributed by atoms with Crippen molar-refractivity contribution in [1.29, 1.82) is 0 Å². The summed E-state index contributed by atoms with van der Waals surface area (Å²) in [7, 11) is 0.